The predicted molar refractivity (Wildman–Crippen MR) is 139 cm³/mol. The molecule has 2 aromatic carbocycles. The zero-order chi connectivity index (χ0) is 26.3. The topological polar surface area (TPSA) is 151 Å². The average molecular weight is 526 g/mol. The Hall–Kier alpha value is -3.63. The van der Waals surface area contributed by atoms with E-state index >= 15 is 0 Å². The molecular weight excluding hydrogens is 497 g/mol. The van der Waals surface area contributed by atoms with Crippen LogP contribution in [-0.4, -0.2) is 51.3 Å². The molecule has 0 bridgehead atoms. The van der Waals surface area contributed by atoms with E-state index in [4.69, 9.17) is 19.5 Å². The second-order valence-corrected chi connectivity index (χ2v) is 10.5. The molecule has 0 fully saturated rings. The number of ketones is 1. The number of ether oxygens (including phenoxy) is 1. The first-order valence-electron chi connectivity index (χ1n) is 11.6. The van der Waals surface area contributed by atoms with E-state index in [1.54, 1.807) is 34.9 Å². The molecule has 1 atom stereocenters. The lowest BCUT2D eigenvalue weighted by atomic mass is 10.1. The molecule has 194 valence electrons. The zero-order valence-corrected chi connectivity index (χ0v) is 21.2. The summed E-state index contributed by atoms with van der Waals surface area (Å²) < 4.78 is 32.0. The number of H-pyrrole nitrogens is 1. The molecule has 2 heterocycles. The fourth-order valence-electron chi connectivity index (χ4n) is 3.46. The van der Waals surface area contributed by atoms with Gasteiger partial charge in [0, 0.05) is 12.1 Å². The van der Waals surface area contributed by atoms with E-state index in [1.165, 1.54) is 6.33 Å². The first-order chi connectivity index (χ1) is 17.8. The average Bonchev–Trinajstić information content (AvgIpc) is 3.30. The summed E-state index contributed by atoms with van der Waals surface area (Å²) in [6, 6.07) is 16.3. The maximum atomic E-state index is 13.5. The van der Waals surface area contributed by atoms with Gasteiger partial charge in [-0.15, -0.1) is 0 Å². The Morgan fingerprint density at radius 3 is 2.59 bits per heavy atom. The molecule has 0 aliphatic rings. The molecule has 1 unspecified atom stereocenters. The van der Waals surface area contributed by atoms with Crippen LogP contribution in [0.3, 0.4) is 0 Å². The molecule has 0 aliphatic carbocycles. The lowest BCUT2D eigenvalue weighted by Crippen LogP contribution is -2.14. The van der Waals surface area contributed by atoms with Gasteiger partial charge in [0.1, 0.15) is 6.61 Å². The number of imidazole rings is 1. The monoisotopic (exact) mass is 525 g/mol. The molecule has 0 spiro atoms. The third-order valence-electron chi connectivity index (χ3n) is 5.52. The molecular formula is C25H28N5O6P. The van der Waals surface area contributed by atoms with Crippen LogP contribution < -0.4 is 11.3 Å². The number of aromatic amines is 1. The van der Waals surface area contributed by atoms with E-state index in [1.807, 2.05) is 31.2 Å². The number of hydrogen-bond acceptors (Lipinski definition) is 9. The number of aryl methyl sites for hydroxylation is 1. The maximum Gasteiger partial charge on any atom is 0.333 e. The van der Waals surface area contributed by atoms with Crippen LogP contribution >= 0.6 is 7.60 Å². The van der Waals surface area contributed by atoms with Crippen LogP contribution in [0, 0.1) is 6.92 Å². The number of anilines is 1. The number of aromatic nitrogens is 4. The van der Waals surface area contributed by atoms with E-state index in [-0.39, 0.29) is 49.8 Å². The largest absolute Gasteiger partial charge is 0.379 e. The van der Waals surface area contributed by atoms with Crippen LogP contribution in [0.1, 0.15) is 21.5 Å². The molecule has 11 nitrogen and oxygen atoms in total. The summed E-state index contributed by atoms with van der Waals surface area (Å²) in [5.74, 6) is -0.302. The van der Waals surface area contributed by atoms with Crippen molar-refractivity contribution in [3.63, 3.8) is 0 Å². The Labute approximate surface area is 213 Å². The minimum absolute atomic E-state index is 0.00553. The molecule has 12 heteroatoms. The van der Waals surface area contributed by atoms with Crippen LogP contribution in [0.5, 0.6) is 0 Å². The van der Waals surface area contributed by atoms with Gasteiger partial charge in [-0.25, -0.2) is 4.98 Å². The van der Waals surface area contributed by atoms with Crippen molar-refractivity contribution < 1.29 is 23.1 Å². The van der Waals surface area contributed by atoms with Crippen LogP contribution in [0.25, 0.3) is 11.2 Å². The normalized spacial score (nSPS) is 13.0. The quantitative estimate of drug-likeness (QED) is 0.152. The third-order valence-corrected chi connectivity index (χ3v) is 7.29. The fraction of sp³-hybridized carbons (Fsp3) is 0.280. The van der Waals surface area contributed by atoms with Gasteiger partial charge in [-0.1, -0.05) is 60.2 Å². The lowest BCUT2D eigenvalue weighted by molar-refractivity contribution is 0.0885. The Balaban J connectivity index is 1.34. The second-order valence-electron chi connectivity index (χ2n) is 8.33. The lowest BCUT2D eigenvalue weighted by Gasteiger charge is -2.19. The van der Waals surface area contributed by atoms with E-state index in [9.17, 15) is 14.2 Å². The molecule has 3 N–H and O–H groups in total. The van der Waals surface area contributed by atoms with Gasteiger partial charge < -0.3 is 24.1 Å². The summed E-state index contributed by atoms with van der Waals surface area (Å²) >= 11 is 0. The smallest absolute Gasteiger partial charge is 0.333 e. The van der Waals surface area contributed by atoms with Gasteiger partial charge in [-0.3, -0.25) is 19.1 Å². The van der Waals surface area contributed by atoms with Gasteiger partial charge in [-0.2, -0.15) is 4.98 Å². The maximum absolute atomic E-state index is 13.5. The highest BCUT2D eigenvalue weighted by Crippen LogP contribution is 2.48. The highest BCUT2D eigenvalue weighted by atomic mass is 31.2. The van der Waals surface area contributed by atoms with Gasteiger partial charge in [-0.05, 0) is 12.5 Å². The van der Waals surface area contributed by atoms with Gasteiger partial charge in [0.2, 0.25) is 5.95 Å². The second kappa shape index (κ2) is 12.1. The summed E-state index contributed by atoms with van der Waals surface area (Å²) in [6.07, 6.45) is 1.43. The van der Waals surface area contributed by atoms with Crippen molar-refractivity contribution in [2.45, 2.75) is 20.1 Å². The number of fused-ring (bicyclic) bond motifs is 1. The standard InChI is InChI=1S/C25H28N5O6P/c1-18-7-9-19(10-8-18)15-35-37(33,36-16-21(31)20-5-3-2-4-6-20)14-13-34-12-11-30-17-27-22-23(30)28-25(26)29-24(22)32/h2-10,17H,11-16H2,1H3,(H3,26,28,29,32). The fourth-order valence-corrected chi connectivity index (χ4v) is 4.81. The van der Waals surface area contributed by atoms with E-state index < -0.39 is 13.2 Å². The molecule has 4 aromatic rings. The van der Waals surface area contributed by atoms with Gasteiger partial charge >= 0.3 is 7.60 Å². The van der Waals surface area contributed by atoms with Crippen molar-refractivity contribution in [3.8, 4) is 0 Å². The Bertz CT molecular complexity index is 1450. The molecule has 0 aliphatic heterocycles. The molecule has 0 amide bonds. The summed E-state index contributed by atoms with van der Waals surface area (Å²) in [6.45, 7) is 2.29. The van der Waals surface area contributed by atoms with Gasteiger partial charge in [0.05, 0.1) is 32.3 Å². The number of benzene rings is 2. The van der Waals surface area contributed by atoms with Crippen molar-refractivity contribution in [2.24, 2.45) is 0 Å². The predicted octanol–water partition coefficient (Wildman–Crippen LogP) is 3.34. The summed E-state index contributed by atoms with van der Waals surface area (Å²) in [4.78, 5) is 35.0. The molecule has 0 saturated heterocycles. The van der Waals surface area contributed by atoms with Crippen molar-refractivity contribution in [1.82, 2.24) is 19.5 Å². The van der Waals surface area contributed by atoms with Gasteiger partial charge in [0.15, 0.2) is 16.9 Å². The molecule has 0 saturated carbocycles. The number of nitrogens with one attached hydrogen (secondary N) is 1. The van der Waals surface area contributed by atoms with Crippen molar-refractivity contribution in [1.29, 1.82) is 0 Å². The molecule has 37 heavy (non-hydrogen) atoms. The zero-order valence-electron chi connectivity index (χ0n) is 20.3. The number of nitrogens with two attached hydrogens (primary N) is 1. The minimum Gasteiger partial charge on any atom is -0.379 e. The van der Waals surface area contributed by atoms with Crippen molar-refractivity contribution >= 4 is 30.5 Å². The Kier molecular flexibility index (Phi) is 8.62. The first kappa shape index (κ1) is 26.4. The number of carbonyl (C=O) groups excluding carboxylic acids is 1. The minimum atomic E-state index is -3.66. The van der Waals surface area contributed by atoms with E-state index in [2.05, 4.69) is 15.0 Å². The first-order valence-corrected chi connectivity index (χ1v) is 13.4. The number of rotatable bonds is 13. The highest BCUT2D eigenvalue weighted by molar-refractivity contribution is 7.53. The number of nitrogens with zero attached hydrogens (tertiary/aromatic N) is 3. The SMILES string of the molecule is Cc1ccc(COP(=O)(CCOCCn2cnc3c(=O)[nH]c(N)nc32)OCC(=O)c2ccccc2)cc1. The van der Waals surface area contributed by atoms with E-state index in [0.717, 1.165) is 11.1 Å². The molecule has 2 aromatic heterocycles. The van der Waals surface area contributed by atoms with Crippen molar-refractivity contribution in [2.75, 3.05) is 31.7 Å². The number of hydrogen-bond donors (Lipinski definition) is 2. The van der Waals surface area contributed by atoms with Crippen LogP contribution in [0.15, 0.2) is 65.7 Å². The summed E-state index contributed by atoms with van der Waals surface area (Å²) in [7, 11) is -3.66. The van der Waals surface area contributed by atoms with Crippen LogP contribution in [0.4, 0.5) is 5.95 Å². The van der Waals surface area contributed by atoms with Gasteiger partial charge in [0.25, 0.3) is 5.56 Å². The molecule has 4 rings (SSSR count). The number of nitrogen functional groups attached to an aromatic ring is 1. The summed E-state index contributed by atoms with van der Waals surface area (Å²) in [5, 5.41) is 0. The van der Waals surface area contributed by atoms with Crippen LogP contribution in [-0.2, 0) is 31.5 Å². The van der Waals surface area contributed by atoms with Crippen LogP contribution in [0.2, 0.25) is 0 Å². The van der Waals surface area contributed by atoms with Crippen molar-refractivity contribution in [3.05, 3.63) is 88.0 Å². The summed E-state index contributed by atoms with van der Waals surface area (Å²) in [5.41, 5.74) is 8.12. The number of carbonyl (C=O) groups is 1. The number of Topliss-reactive ketones (excluding diaryl/α,β-unsaturated/α-hetero) is 1. The Morgan fingerprint density at radius 2 is 1.84 bits per heavy atom. The highest BCUT2D eigenvalue weighted by Gasteiger charge is 2.26. The Morgan fingerprint density at radius 1 is 1.08 bits per heavy atom. The third kappa shape index (κ3) is 7.21. The molecule has 0 radical (unpaired) electrons. The van der Waals surface area contributed by atoms with E-state index in [0.29, 0.717) is 17.8 Å².